The molecule has 0 bridgehead atoms. The highest BCUT2D eigenvalue weighted by Gasteiger charge is 2.15. The number of rotatable bonds is 10. The van der Waals surface area contributed by atoms with Gasteiger partial charge in [-0.2, -0.15) is 0 Å². The Morgan fingerprint density at radius 3 is 1.83 bits per heavy atom. The molecule has 24 heavy (non-hydrogen) atoms. The third-order valence-electron chi connectivity index (χ3n) is 3.98. The normalized spacial score (nSPS) is 11.0. The van der Waals surface area contributed by atoms with Crippen molar-refractivity contribution in [3.05, 3.63) is 59.2 Å². The number of hydrogen-bond donors (Lipinski definition) is 0. The van der Waals surface area contributed by atoms with Crippen molar-refractivity contribution in [2.45, 2.75) is 40.6 Å². The molecule has 0 saturated heterocycles. The quantitative estimate of drug-likeness (QED) is 0.617. The van der Waals surface area contributed by atoms with E-state index in [1.807, 2.05) is 26.8 Å². The molecule has 0 heterocycles. The maximum absolute atomic E-state index is 5.77. The van der Waals surface area contributed by atoms with Crippen molar-refractivity contribution in [1.82, 2.24) is 0 Å². The first kappa shape index (κ1) is 18.7. The second-order valence-electron chi connectivity index (χ2n) is 5.51. The maximum atomic E-state index is 5.77. The molecule has 0 aliphatic carbocycles. The van der Waals surface area contributed by atoms with Crippen molar-refractivity contribution in [2.24, 2.45) is 0 Å². The molecule has 0 saturated carbocycles. The van der Waals surface area contributed by atoms with E-state index < -0.39 is 0 Å². The Balaban J connectivity index is 2.49. The Bertz CT molecular complexity index is 608. The lowest BCUT2D eigenvalue weighted by atomic mass is 9.92. The molecule has 2 aromatic rings. The van der Waals surface area contributed by atoms with E-state index in [0.717, 1.165) is 0 Å². The minimum atomic E-state index is 0.585. The minimum Gasteiger partial charge on any atom is -0.377 e. The van der Waals surface area contributed by atoms with Crippen LogP contribution in [-0.2, 0) is 34.0 Å². The Hall–Kier alpha value is -1.68. The molecule has 2 aromatic carbocycles. The molecule has 3 heteroatoms. The second kappa shape index (κ2) is 10.2. The maximum Gasteiger partial charge on any atom is 0.0726 e. The van der Waals surface area contributed by atoms with Crippen LogP contribution in [0.2, 0.25) is 0 Å². The summed E-state index contributed by atoms with van der Waals surface area (Å²) in [5.41, 5.74) is 5.99. The first-order valence-electron chi connectivity index (χ1n) is 8.74. The lowest BCUT2D eigenvalue weighted by Crippen LogP contribution is -2.08. The molecule has 0 spiro atoms. The Labute approximate surface area is 145 Å². The van der Waals surface area contributed by atoms with Gasteiger partial charge in [0.15, 0.2) is 0 Å². The molecular formula is C21H28O3. The van der Waals surface area contributed by atoms with Gasteiger partial charge in [0, 0.05) is 19.8 Å². The first-order chi connectivity index (χ1) is 11.8. The third-order valence-corrected chi connectivity index (χ3v) is 3.98. The number of ether oxygens (including phenoxy) is 3. The molecule has 130 valence electrons. The molecule has 0 aromatic heterocycles. The smallest absolute Gasteiger partial charge is 0.0726 e. The van der Waals surface area contributed by atoms with Gasteiger partial charge in [-0.25, -0.2) is 0 Å². The highest BCUT2D eigenvalue weighted by atomic mass is 16.5. The van der Waals surface area contributed by atoms with Gasteiger partial charge in [0.2, 0.25) is 0 Å². The van der Waals surface area contributed by atoms with Crippen LogP contribution in [0.4, 0.5) is 0 Å². The van der Waals surface area contributed by atoms with Gasteiger partial charge >= 0.3 is 0 Å². The van der Waals surface area contributed by atoms with Crippen LogP contribution in [0.3, 0.4) is 0 Å². The average molecular weight is 328 g/mol. The van der Waals surface area contributed by atoms with Crippen molar-refractivity contribution in [3.8, 4) is 11.1 Å². The SMILES string of the molecule is CCOCc1ccc(-c2ccccc2)c(COCC)c1COCC. The number of benzene rings is 2. The molecule has 0 N–H and O–H groups in total. The summed E-state index contributed by atoms with van der Waals surface area (Å²) in [6.45, 7) is 9.92. The monoisotopic (exact) mass is 328 g/mol. The Kier molecular flexibility index (Phi) is 7.96. The fraction of sp³-hybridized carbons (Fsp3) is 0.429. The largest absolute Gasteiger partial charge is 0.377 e. The molecule has 2 rings (SSSR count). The van der Waals surface area contributed by atoms with Crippen LogP contribution in [0.1, 0.15) is 37.5 Å². The zero-order valence-electron chi connectivity index (χ0n) is 15.0. The fourth-order valence-electron chi connectivity index (χ4n) is 2.73. The number of hydrogen-bond acceptors (Lipinski definition) is 3. The minimum absolute atomic E-state index is 0.585. The molecule has 3 nitrogen and oxygen atoms in total. The van der Waals surface area contributed by atoms with E-state index in [1.165, 1.54) is 27.8 Å². The molecule has 0 aliphatic heterocycles. The molecule has 0 unspecified atom stereocenters. The molecule has 0 radical (unpaired) electrons. The summed E-state index contributed by atoms with van der Waals surface area (Å²) in [6, 6.07) is 14.8. The summed E-state index contributed by atoms with van der Waals surface area (Å²) in [5.74, 6) is 0. The first-order valence-corrected chi connectivity index (χ1v) is 8.74. The van der Waals surface area contributed by atoms with E-state index in [4.69, 9.17) is 14.2 Å². The van der Waals surface area contributed by atoms with E-state index in [-0.39, 0.29) is 0 Å². The van der Waals surface area contributed by atoms with Gasteiger partial charge in [0.1, 0.15) is 0 Å². The van der Waals surface area contributed by atoms with Crippen LogP contribution in [0.5, 0.6) is 0 Å². The lowest BCUT2D eigenvalue weighted by Gasteiger charge is -2.19. The van der Waals surface area contributed by atoms with Gasteiger partial charge in [0.25, 0.3) is 0 Å². The molecular weight excluding hydrogens is 300 g/mol. The van der Waals surface area contributed by atoms with Crippen LogP contribution >= 0.6 is 0 Å². The van der Waals surface area contributed by atoms with Crippen LogP contribution in [0, 0.1) is 0 Å². The van der Waals surface area contributed by atoms with Gasteiger partial charge < -0.3 is 14.2 Å². The zero-order valence-corrected chi connectivity index (χ0v) is 15.0. The van der Waals surface area contributed by atoms with E-state index in [1.54, 1.807) is 0 Å². The standard InChI is InChI=1S/C21H28O3/c1-4-22-14-18-12-13-19(17-10-8-7-9-11-17)21(16-24-6-3)20(18)15-23-5-2/h7-13H,4-6,14-16H2,1-3H3. The summed E-state index contributed by atoms with van der Waals surface area (Å²) >= 11 is 0. The van der Waals surface area contributed by atoms with Crippen LogP contribution in [-0.4, -0.2) is 19.8 Å². The Morgan fingerprint density at radius 2 is 1.21 bits per heavy atom. The van der Waals surface area contributed by atoms with Crippen molar-refractivity contribution in [3.63, 3.8) is 0 Å². The second-order valence-corrected chi connectivity index (χ2v) is 5.51. The highest BCUT2D eigenvalue weighted by molar-refractivity contribution is 5.69. The molecule has 0 atom stereocenters. The predicted molar refractivity (Wildman–Crippen MR) is 97.9 cm³/mol. The van der Waals surface area contributed by atoms with Gasteiger partial charge in [-0.15, -0.1) is 0 Å². The van der Waals surface area contributed by atoms with Crippen molar-refractivity contribution in [1.29, 1.82) is 0 Å². The van der Waals surface area contributed by atoms with Crippen LogP contribution in [0.25, 0.3) is 11.1 Å². The van der Waals surface area contributed by atoms with Crippen molar-refractivity contribution >= 4 is 0 Å². The van der Waals surface area contributed by atoms with Gasteiger partial charge in [-0.05, 0) is 48.6 Å². The summed E-state index contributed by atoms with van der Waals surface area (Å²) in [4.78, 5) is 0. The van der Waals surface area contributed by atoms with Crippen LogP contribution < -0.4 is 0 Å². The van der Waals surface area contributed by atoms with Gasteiger partial charge in [-0.1, -0.05) is 42.5 Å². The zero-order chi connectivity index (χ0) is 17.2. The van der Waals surface area contributed by atoms with Crippen molar-refractivity contribution in [2.75, 3.05) is 19.8 Å². The predicted octanol–water partition coefficient (Wildman–Crippen LogP) is 4.96. The summed E-state index contributed by atoms with van der Waals surface area (Å²) in [7, 11) is 0. The summed E-state index contributed by atoms with van der Waals surface area (Å²) < 4.78 is 17.2. The lowest BCUT2D eigenvalue weighted by molar-refractivity contribution is 0.111. The topological polar surface area (TPSA) is 27.7 Å². The summed E-state index contributed by atoms with van der Waals surface area (Å²) in [6.07, 6.45) is 0. The van der Waals surface area contributed by atoms with Crippen molar-refractivity contribution < 1.29 is 14.2 Å². The molecule has 0 fully saturated rings. The average Bonchev–Trinajstić information content (AvgIpc) is 2.63. The third kappa shape index (κ3) is 4.91. The van der Waals surface area contributed by atoms with Crippen LogP contribution in [0.15, 0.2) is 42.5 Å². The Morgan fingerprint density at radius 1 is 0.625 bits per heavy atom. The highest BCUT2D eigenvalue weighted by Crippen LogP contribution is 2.30. The summed E-state index contributed by atoms with van der Waals surface area (Å²) in [5, 5.41) is 0. The molecule has 0 aliphatic rings. The van der Waals surface area contributed by atoms with Gasteiger partial charge in [-0.3, -0.25) is 0 Å². The van der Waals surface area contributed by atoms with E-state index in [0.29, 0.717) is 39.6 Å². The van der Waals surface area contributed by atoms with Gasteiger partial charge in [0.05, 0.1) is 19.8 Å². The molecule has 0 amide bonds. The van der Waals surface area contributed by atoms with E-state index in [2.05, 4.69) is 36.4 Å². The fourth-order valence-corrected chi connectivity index (χ4v) is 2.73. The van der Waals surface area contributed by atoms with E-state index >= 15 is 0 Å². The van der Waals surface area contributed by atoms with E-state index in [9.17, 15) is 0 Å².